The van der Waals surface area contributed by atoms with E-state index in [1.54, 1.807) is 13.0 Å². The standard InChI is InChI=1S/C16H26N2O3/c1-4-9-18-10-5-6-13(18)15(19)17-11-16(3,20)14-8-7-12(2)21-14/h7-8,13,20H,4-6,9-11H2,1-3H3,(H,17,19). The first-order valence-corrected chi connectivity index (χ1v) is 7.75. The summed E-state index contributed by atoms with van der Waals surface area (Å²) in [6.07, 6.45) is 3.01. The number of furan rings is 1. The van der Waals surface area contributed by atoms with Crippen LogP contribution in [0.2, 0.25) is 0 Å². The fraction of sp³-hybridized carbons (Fsp3) is 0.688. The number of likely N-dealkylation sites (tertiary alicyclic amines) is 1. The molecule has 1 aromatic heterocycles. The fourth-order valence-electron chi connectivity index (χ4n) is 2.87. The van der Waals surface area contributed by atoms with Crippen LogP contribution in [0.25, 0.3) is 0 Å². The summed E-state index contributed by atoms with van der Waals surface area (Å²) >= 11 is 0. The summed E-state index contributed by atoms with van der Waals surface area (Å²) in [5.74, 6) is 1.24. The molecule has 0 saturated carbocycles. The highest BCUT2D eigenvalue weighted by Gasteiger charge is 2.32. The Hall–Kier alpha value is -1.33. The van der Waals surface area contributed by atoms with Crippen LogP contribution in [0.15, 0.2) is 16.5 Å². The van der Waals surface area contributed by atoms with Crippen LogP contribution in [0.1, 0.15) is 44.6 Å². The zero-order chi connectivity index (χ0) is 15.5. The van der Waals surface area contributed by atoms with Crippen molar-refractivity contribution >= 4 is 5.91 Å². The van der Waals surface area contributed by atoms with Gasteiger partial charge in [-0.2, -0.15) is 0 Å². The van der Waals surface area contributed by atoms with Gasteiger partial charge in [0.05, 0.1) is 12.6 Å². The minimum Gasteiger partial charge on any atom is -0.463 e. The number of amides is 1. The van der Waals surface area contributed by atoms with Crippen LogP contribution in [-0.4, -0.2) is 41.6 Å². The summed E-state index contributed by atoms with van der Waals surface area (Å²) in [5.41, 5.74) is -1.18. The molecular weight excluding hydrogens is 268 g/mol. The fourth-order valence-corrected chi connectivity index (χ4v) is 2.87. The predicted molar refractivity (Wildman–Crippen MR) is 80.9 cm³/mol. The second-order valence-corrected chi connectivity index (χ2v) is 6.10. The molecule has 2 rings (SSSR count). The maximum atomic E-state index is 12.3. The Balaban J connectivity index is 1.91. The van der Waals surface area contributed by atoms with Gasteiger partial charge in [0.25, 0.3) is 0 Å². The van der Waals surface area contributed by atoms with Crippen molar-refractivity contribution in [1.82, 2.24) is 10.2 Å². The summed E-state index contributed by atoms with van der Waals surface area (Å²) in [7, 11) is 0. The summed E-state index contributed by atoms with van der Waals surface area (Å²) in [6, 6.07) is 3.51. The lowest BCUT2D eigenvalue weighted by Crippen LogP contribution is -2.47. The number of rotatable bonds is 6. The van der Waals surface area contributed by atoms with Crippen molar-refractivity contribution in [2.24, 2.45) is 0 Å². The molecule has 0 radical (unpaired) electrons. The highest BCUT2D eigenvalue weighted by Crippen LogP contribution is 2.23. The minimum absolute atomic E-state index is 0.00417. The SMILES string of the molecule is CCCN1CCCC1C(=O)NCC(C)(O)c1ccc(C)o1. The number of aliphatic hydroxyl groups is 1. The molecule has 0 spiro atoms. The van der Waals surface area contributed by atoms with E-state index in [1.165, 1.54) is 0 Å². The van der Waals surface area contributed by atoms with Crippen molar-refractivity contribution < 1.29 is 14.3 Å². The lowest BCUT2D eigenvalue weighted by molar-refractivity contribution is -0.126. The molecule has 1 amide bonds. The lowest BCUT2D eigenvalue weighted by Gasteiger charge is -2.26. The zero-order valence-electron chi connectivity index (χ0n) is 13.2. The summed E-state index contributed by atoms with van der Waals surface area (Å²) in [6.45, 7) is 7.71. The van der Waals surface area contributed by atoms with E-state index in [4.69, 9.17) is 4.42 Å². The zero-order valence-corrected chi connectivity index (χ0v) is 13.2. The number of hydrogen-bond acceptors (Lipinski definition) is 4. The van der Waals surface area contributed by atoms with E-state index in [0.29, 0.717) is 5.76 Å². The van der Waals surface area contributed by atoms with Crippen molar-refractivity contribution in [2.45, 2.75) is 51.7 Å². The summed E-state index contributed by atoms with van der Waals surface area (Å²) in [5, 5.41) is 13.3. The van der Waals surface area contributed by atoms with Gasteiger partial charge in [-0.15, -0.1) is 0 Å². The van der Waals surface area contributed by atoms with Crippen LogP contribution in [0, 0.1) is 6.92 Å². The van der Waals surface area contributed by atoms with E-state index in [1.807, 2.05) is 13.0 Å². The molecule has 0 aliphatic carbocycles. The van der Waals surface area contributed by atoms with Gasteiger partial charge in [0.2, 0.25) is 5.91 Å². The number of nitrogens with one attached hydrogen (secondary N) is 1. The van der Waals surface area contributed by atoms with E-state index in [-0.39, 0.29) is 18.5 Å². The molecule has 2 heterocycles. The molecule has 5 nitrogen and oxygen atoms in total. The molecular formula is C16H26N2O3. The van der Waals surface area contributed by atoms with Crippen molar-refractivity contribution in [3.05, 3.63) is 23.7 Å². The van der Waals surface area contributed by atoms with Gasteiger partial charge in [0.1, 0.15) is 17.1 Å². The molecule has 1 aliphatic heterocycles. The summed E-state index contributed by atoms with van der Waals surface area (Å²) < 4.78 is 5.45. The molecule has 118 valence electrons. The maximum absolute atomic E-state index is 12.3. The van der Waals surface area contributed by atoms with Crippen LogP contribution in [0.5, 0.6) is 0 Å². The molecule has 1 saturated heterocycles. The average Bonchev–Trinajstić information content (AvgIpc) is 3.06. The topological polar surface area (TPSA) is 65.7 Å². The monoisotopic (exact) mass is 294 g/mol. The molecule has 1 aliphatic rings. The Labute approximate surface area is 126 Å². The van der Waals surface area contributed by atoms with E-state index in [9.17, 15) is 9.90 Å². The Kier molecular flexibility index (Phi) is 5.06. The van der Waals surface area contributed by atoms with Crippen LogP contribution in [-0.2, 0) is 10.4 Å². The molecule has 1 aromatic rings. The van der Waals surface area contributed by atoms with Gasteiger partial charge in [-0.3, -0.25) is 9.69 Å². The normalized spacial score (nSPS) is 22.2. The Bertz CT molecular complexity index is 482. The maximum Gasteiger partial charge on any atom is 0.237 e. The van der Waals surface area contributed by atoms with Gasteiger partial charge in [-0.25, -0.2) is 0 Å². The number of nitrogens with zero attached hydrogens (tertiary/aromatic N) is 1. The van der Waals surface area contributed by atoms with E-state index in [0.717, 1.165) is 38.1 Å². The van der Waals surface area contributed by atoms with Crippen LogP contribution >= 0.6 is 0 Å². The Morgan fingerprint density at radius 2 is 2.33 bits per heavy atom. The van der Waals surface area contributed by atoms with Gasteiger partial charge >= 0.3 is 0 Å². The van der Waals surface area contributed by atoms with Crippen LogP contribution in [0.3, 0.4) is 0 Å². The number of carbonyl (C=O) groups excluding carboxylic acids is 1. The second kappa shape index (κ2) is 6.62. The van der Waals surface area contributed by atoms with E-state index >= 15 is 0 Å². The number of aryl methyl sites for hydroxylation is 1. The third-order valence-electron chi connectivity index (χ3n) is 4.06. The first-order chi connectivity index (χ1) is 9.94. The number of carbonyl (C=O) groups is 1. The van der Waals surface area contributed by atoms with Crippen molar-refractivity contribution in [3.8, 4) is 0 Å². The van der Waals surface area contributed by atoms with Crippen molar-refractivity contribution in [2.75, 3.05) is 19.6 Å². The third-order valence-corrected chi connectivity index (χ3v) is 4.06. The molecule has 0 aromatic carbocycles. The Morgan fingerprint density at radius 3 is 2.95 bits per heavy atom. The smallest absolute Gasteiger partial charge is 0.237 e. The number of hydrogen-bond donors (Lipinski definition) is 2. The molecule has 2 N–H and O–H groups in total. The van der Waals surface area contributed by atoms with Gasteiger partial charge in [0, 0.05) is 0 Å². The summed E-state index contributed by atoms with van der Waals surface area (Å²) in [4.78, 5) is 14.5. The first kappa shape index (κ1) is 16.0. The van der Waals surface area contributed by atoms with Gasteiger partial charge < -0.3 is 14.8 Å². The van der Waals surface area contributed by atoms with Gasteiger partial charge in [0.15, 0.2) is 0 Å². The highest BCUT2D eigenvalue weighted by atomic mass is 16.4. The molecule has 1 fully saturated rings. The Morgan fingerprint density at radius 1 is 1.57 bits per heavy atom. The second-order valence-electron chi connectivity index (χ2n) is 6.10. The lowest BCUT2D eigenvalue weighted by atomic mass is 10.0. The van der Waals surface area contributed by atoms with Gasteiger partial charge in [-0.05, 0) is 58.3 Å². The highest BCUT2D eigenvalue weighted by molar-refractivity contribution is 5.82. The molecule has 2 atom stereocenters. The van der Waals surface area contributed by atoms with Crippen molar-refractivity contribution in [1.29, 1.82) is 0 Å². The van der Waals surface area contributed by atoms with Gasteiger partial charge in [-0.1, -0.05) is 6.92 Å². The van der Waals surface area contributed by atoms with Crippen LogP contribution < -0.4 is 5.32 Å². The van der Waals surface area contributed by atoms with E-state index in [2.05, 4.69) is 17.1 Å². The third kappa shape index (κ3) is 3.86. The molecule has 2 unspecified atom stereocenters. The molecule has 0 bridgehead atoms. The first-order valence-electron chi connectivity index (χ1n) is 7.75. The average molecular weight is 294 g/mol. The van der Waals surface area contributed by atoms with E-state index < -0.39 is 5.60 Å². The molecule has 21 heavy (non-hydrogen) atoms. The predicted octanol–water partition coefficient (Wildman–Crippen LogP) is 1.79. The quantitative estimate of drug-likeness (QED) is 0.839. The molecule has 5 heteroatoms. The van der Waals surface area contributed by atoms with Crippen molar-refractivity contribution in [3.63, 3.8) is 0 Å². The largest absolute Gasteiger partial charge is 0.463 e. The van der Waals surface area contributed by atoms with Crippen LogP contribution in [0.4, 0.5) is 0 Å². The minimum atomic E-state index is -1.18.